The number of carbonyl (C=O) groups excluding carboxylic acids is 1. The van der Waals surface area contributed by atoms with Crippen molar-refractivity contribution in [1.29, 1.82) is 0 Å². The van der Waals surface area contributed by atoms with E-state index in [1.165, 1.54) is 0 Å². The Morgan fingerprint density at radius 3 is 2.52 bits per heavy atom. The highest BCUT2D eigenvalue weighted by atomic mass is 16.5. The van der Waals surface area contributed by atoms with Crippen LogP contribution in [0.4, 0.5) is 23.0 Å². The molecule has 2 aromatic rings. The van der Waals surface area contributed by atoms with Gasteiger partial charge in [-0.25, -0.2) is 9.97 Å². The Morgan fingerprint density at radius 1 is 0.963 bits per heavy atom. The number of carbonyl (C=O) groups is 1. The zero-order chi connectivity index (χ0) is 18.5. The molecule has 0 aliphatic carbocycles. The van der Waals surface area contributed by atoms with Crippen LogP contribution in [0.1, 0.15) is 0 Å². The lowest BCUT2D eigenvalue weighted by atomic mass is 10.2. The van der Waals surface area contributed by atoms with Gasteiger partial charge in [0.15, 0.2) is 0 Å². The van der Waals surface area contributed by atoms with Crippen molar-refractivity contribution in [3.8, 4) is 0 Å². The largest absolute Gasteiger partial charge is 0.378 e. The zero-order valence-electron chi connectivity index (χ0n) is 15.3. The second-order valence-corrected chi connectivity index (χ2v) is 6.63. The highest BCUT2D eigenvalue weighted by molar-refractivity contribution is 5.75. The number of rotatable bonds is 5. The number of hydrogen-bond donors (Lipinski definition) is 1. The summed E-state index contributed by atoms with van der Waals surface area (Å²) in [6.45, 7) is 6.26. The fourth-order valence-electron chi connectivity index (χ4n) is 3.44. The number of morpholine rings is 1. The fourth-order valence-corrected chi connectivity index (χ4v) is 3.44. The van der Waals surface area contributed by atoms with E-state index in [-0.39, 0.29) is 0 Å². The quantitative estimate of drug-likeness (QED) is 0.798. The minimum Gasteiger partial charge on any atom is -0.378 e. The van der Waals surface area contributed by atoms with Crippen molar-refractivity contribution in [2.24, 2.45) is 0 Å². The molecule has 1 aromatic carbocycles. The number of ether oxygens (including phenoxy) is 1. The molecule has 2 fully saturated rings. The number of piperazine rings is 1. The van der Waals surface area contributed by atoms with Crippen molar-refractivity contribution in [1.82, 2.24) is 14.9 Å². The third kappa shape index (κ3) is 4.11. The van der Waals surface area contributed by atoms with Crippen molar-refractivity contribution < 1.29 is 9.53 Å². The van der Waals surface area contributed by atoms with E-state index in [9.17, 15) is 4.79 Å². The Balaban J connectivity index is 1.50. The standard InChI is InChI=1S/C19H24N6O2/c26-15-23-5-7-25(8-6-23)19-13-18(20-14-21-19)22-16-3-1-2-4-17(16)24-9-11-27-12-10-24/h1-4,13-15H,5-12H2,(H,20,21,22). The van der Waals surface area contributed by atoms with Crippen LogP contribution in [-0.4, -0.2) is 73.8 Å². The van der Waals surface area contributed by atoms with Gasteiger partial charge in [-0.15, -0.1) is 0 Å². The monoisotopic (exact) mass is 368 g/mol. The lowest BCUT2D eigenvalue weighted by molar-refractivity contribution is -0.118. The van der Waals surface area contributed by atoms with Gasteiger partial charge in [-0.3, -0.25) is 4.79 Å². The van der Waals surface area contributed by atoms with Gasteiger partial charge in [0.25, 0.3) is 0 Å². The smallest absolute Gasteiger partial charge is 0.209 e. The van der Waals surface area contributed by atoms with Gasteiger partial charge >= 0.3 is 0 Å². The summed E-state index contributed by atoms with van der Waals surface area (Å²) in [5.41, 5.74) is 2.18. The van der Waals surface area contributed by atoms with E-state index < -0.39 is 0 Å². The summed E-state index contributed by atoms with van der Waals surface area (Å²) in [6, 6.07) is 10.2. The Morgan fingerprint density at radius 2 is 1.74 bits per heavy atom. The molecule has 0 spiro atoms. The van der Waals surface area contributed by atoms with Gasteiger partial charge in [0.1, 0.15) is 18.0 Å². The van der Waals surface area contributed by atoms with Crippen LogP contribution in [0.25, 0.3) is 0 Å². The third-order valence-corrected chi connectivity index (χ3v) is 4.96. The molecule has 0 saturated carbocycles. The average molecular weight is 368 g/mol. The number of nitrogens with zero attached hydrogens (tertiary/aromatic N) is 5. The summed E-state index contributed by atoms with van der Waals surface area (Å²) >= 11 is 0. The van der Waals surface area contributed by atoms with Crippen molar-refractivity contribution in [2.45, 2.75) is 0 Å². The summed E-state index contributed by atoms with van der Waals surface area (Å²) in [6.07, 6.45) is 2.49. The van der Waals surface area contributed by atoms with E-state index in [1.54, 1.807) is 11.2 Å². The lowest BCUT2D eigenvalue weighted by Crippen LogP contribution is -2.46. The van der Waals surface area contributed by atoms with Gasteiger partial charge in [0.05, 0.1) is 24.6 Å². The van der Waals surface area contributed by atoms with E-state index in [1.807, 2.05) is 18.2 Å². The van der Waals surface area contributed by atoms with Crippen molar-refractivity contribution >= 4 is 29.4 Å². The van der Waals surface area contributed by atoms with Gasteiger partial charge in [-0.1, -0.05) is 12.1 Å². The molecule has 1 N–H and O–H groups in total. The number of hydrogen-bond acceptors (Lipinski definition) is 7. The average Bonchev–Trinajstić information content (AvgIpc) is 2.75. The molecular formula is C19H24N6O2. The number of nitrogens with one attached hydrogen (secondary N) is 1. The summed E-state index contributed by atoms with van der Waals surface area (Å²) < 4.78 is 5.46. The number of aromatic nitrogens is 2. The molecule has 8 heteroatoms. The minimum atomic E-state index is 0.718. The van der Waals surface area contributed by atoms with Crippen LogP contribution in [0.5, 0.6) is 0 Å². The molecule has 2 saturated heterocycles. The molecule has 142 valence electrons. The molecule has 2 aliphatic heterocycles. The maximum Gasteiger partial charge on any atom is 0.209 e. The summed E-state index contributed by atoms with van der Waals surface area (Å²) in [7, 11) is 0. The fraction of sp³-hybridized carbons (Fsp3) is 0.421. The second kappa shape index (κ2) is 8.22. The highest BCUT2D eigenvalue weighted by Gasteiger charge is 2.18. The summed E-state index contributed by atoms with van der Waals surface area (Å²) in [5.74, 6) is 1.64. The van der Waals surface area contributed by atoms with Crippen LogP contribution in [0, 0.1) is 0 Å². The Hall–Kier alpha value is -2.87. The SMILES string of the molecule is O=CN1CCN(c2cc(Nc3ccccc3N3CCOCC3)ncn2)CC1. The third-order valence-electron chi connectivity index (χ3n) is 4.96. The van der Waals surface area contributed by atoms with Crippen LogP contribution < -0.4 is 15.1 Å². The second-order valence-electron chi connectivity index (χ2n) is 6.63. The normalized spacial score (nSPS) is 17.7. The van der Waals surface area contributed by atoms with Crippen molar-refractivity contribution in [3.05, 3.63) is 36.7 Å². The van der Waals surface area contributed by atoms with Gasteiger partial charge < -0.3 is 24.8 Å². The molecule has 0 radical (unpaired) electrons. The summed E-state index contributed by atoms with van der Waals surface area (Å²) in [5, 5.41) is 3.44. The lowest BCUT2D eigenvalue weighted by Gasteiger charge is -2.33. The van der Waals surface area contributed by atoms with Crippen molar-refractivity contribution in [3.63, 3.8) is 0 Å². The highest BCUT2D eigenvalue weighted by Crippen LogP contribution is 2.29. The molecule has 1 aromatic heterocycles. The number of anilines is 4. The van der Waals surface area contributed by atoms with E-state index in [0.717, 1.165) is 81.9 Å². The zero-order valence-corrected chi connectivity index (χ0v) is 15.3. The van der Waals surface area contributed by atoms with Crippen LogP contribution in [0.2, 0.25) is 0 Å². The topological polar surface area (TPSA) is 73.8 Å². The molecule has 2 aliphatic rings. The molecule has 8 nitrogen and oxygen atoms in total. The first-order chi connectivity index (χ1) is 13.3. The maximum atomic E-state index is 10.9. The van der Waals surface area contributed by atoms with Crippen LogP contribution in [0.15, 0.2) is 36.7 Å². The van der Waals surface area contributed by atoms with E-state index in [4.69, 9.17) is 4.74 Å². The Labute approximate surface area is 158 Å². The molecule has 0 atom stereocenters. The molecule has 0 unspecified atom stereocenters. The first-order valence-electron chi connectivity index (χ1n) is 9.28. The first-order valence-corrected chi connectivity index (χ1v) is 9.28. The summed E-state index contributed by atoms with van der Waals surface area (Å²) in [4.78, 5) is 26.0. The molecule has 0 bridgehead atoms. The van der Waals surface area contributed by atoms with Gasteiger partial charge in [0.2, 0.25) is 6.41 Å². The molecule has 4 rings (SSSR count). The number of amides is 1. The predicted molar refractivity (Wildman–Crippen MR) is 105 cm³/mol. The molecule has 27 heavy (non-hydrogen) atoms. The number of benzene rings is 1. The Kier molecular flexibility index (Phi) is 5.34. The predicted octanol–water partition coefficient (Wildman–Crippen LogP) is 1.34. The minimum absolute atomic E-state index is 0.718. The molecule has 1 amide bonds. The van der Waals surface area contributed by atoms with E-state index >= 15 is 0 Å². The van der Waals surface area contributed by atoms with Gasteiger partial charge in [0, 0.05) is 45.3 Å². The van der Waals surface area contributed by atoms with Crippen LogP contribution in [-0.2, 0) is 9.53 Å². The number of para-hydroxylation sites is 2. The molecule has 3 heterocycles. The van der Waals surface area contributed by atoms with E-state index in [2.05, 4.69) is 37.2 Å². The molecular weight excluding hydrogens is 344 g/mol. The van der Waals surface area contributed by atoms with E-state index in [0.29, 0.717) is 0 Å². The van der Waals surface area contributed by atoms with Crippen molar-refractivity contribution in [2.75, 3.05) is 67.6 Å². The van der Waals surface area contributed by atoms with Gasteiger partial charge in [-0.05, 0) is 12.1 Å². The van der Waals surface area contributed by atoms with Crippen LogP contribution in [0.3, 0.4) is 0 Å². The Bertz CT molecular complexity index is 772. The van der Waals surface area contributed by atoms with Crippen LogP contribution >= 0.6 is 0 Å². The maximum absolute atomic E-state index is 10.9. The van der Waals surface area contributed by atoms with Gasteiger partial charge in [-0.2, -0.15) is 0 Å². The first kappa shape index (κ1) is 17.5.